The minimum Gasteiger partial charge on any atom is -0.745 e. The second-order valence-electron chi connectivity index (χ2n) is 4.02. The van der Waals surface area contributed by atoms with Crippen LogP contribution in [0.5, 0.6) is 0 Å². The van der Waals surface area contributed by atoms with E-state index in [4.69, 9.17) is 0 Å². The fraction of sp³-hybridized carbons (Fsp3) is 0.900. The maximum atomic E-state index is 11.3. The zero-order valence-corrected chi connectivity index (χ0v) is 13.5. The smallest absolute Gasteiger partial charge is 0.745 e. The Morgan fingerprint density at radius 2 is 1.71 bits per heavy atom. The number of aliphatic hydroxyl groups is 1. The minimum absolute atomic E-state index is 0. The van der Waals surface area contributed by atoms with Crippen molar-refractivity contribution in [2.75, 3.05) is 0 Å². The van der Waals surface area contributed by atoms with Gasteiger partial charge in [-0.15, -0.1) is 0 Å². The van der Waals surface area contributed by atoms with E-state index in [9.17, 15) is 22.9 Å². The third-order valence-corrected chi connectivity index (χ3v) is 3.71. The predicted octanol–water partition coefficient (Wildman–Crippen LogP) is -1.83. The summed E-state index contributed by atoms with van der Waals surface area (Å²) in [6, 6.07) is 0. The first-order valence-corrected chi connectivity index (χ1v) is 6.85. The summed E-state index contributed by atoms with van der Waals surface area (Å²) >= 11 is 0. The molecule has 0 aliphatic carbocycles. The molecule has 0 aromatic heterocycles. The van der Waals surface area contributed by atoms with Gasteiger partial charge in [-0.05, 0) is 13.3 Å². The number of hydrogen-bond donors (Lipinski definition) is 1. The van der Waals surface area contributed by atoms with Crippen LogP contribution in [-0.2, 0) is 14.9 Å². The van der Waals surface area contributed by atoms with E-state index >= 15 is 0 Å². The maximum Gasteiger partial charge on any atom is 1.00 e. The average Bonchev–Trinajstić information content (AvgIpc) is 2.15. The molecule has 0 heterocycles. The Bertz CT molecular complexity index is 324. The maximum absolute atomic E-state index is 11.3. The monoisotopic (exact) mass is 274 g/mol. The van der Waals surface area contributed by atoms with E-state index < -0.39 is 20.8 Å². The van der Waals surface area contributed by atoms with Crippen molar-refractivity contribution < 1.29 is 52.4 Å². The van der Waals surface area contributed by atoms with E-state index in [1.54, 1.807) is 0 Å². The fourth-order valence-corrected chi connectivity index (χ4v) is 1.64. The number of unbranched alkanes of at least 4 members (excludes halogenated alkanes) is 4. The van der Waals surface area contributed by atoms with Crippen LogP contribution in [0.1, 0.15) is 52.4 Å². The molecule has 0 aliphatic rings. The summed E-state index contributed by atoms with van der Waals surface area (Å²) in [7, 11) is -4.99. The van der Waals surface area contributed by atoms with Crippen molar-refractivity contribution in [1.29, 1.82) is 0 Å². The van der Waals surface area contributed by atoms with Crippen LogP contribution in [0.2, 0.25) is 0 Å². The second kappa shape index (κ2) is 8.61. The molecule has 1 atom stereocenters. The van der Waals surface area contributed by atoms with E-state index in [1.165, 1.54) is 0 Å². The molecule has 0 bridgehead atoms. The number of hydrogen-bond acceptors (Lipinski definition) is 5. The van der Waals surface area contributed by atoms with E-state index in [1.807, 2.05) is 0 Å². The molecule has 7 heteroatoms. The Kier molecular flexibility index (Phi) is 10.1. The average molecular weight is 274 g/mol. The Labute approximate surface area is 125 Å². The molecule has 0 fully saturated rings. The topological polar surface area (TPSA) is 94.5 Å². The van der Waals surface area contributed by atoms with Crippen molar-refractivity contribution in [1.82, 2.24) is 0 Å². The SMILES string of the molecule is CCCCCCCC(=O)C(C)(O)S(=O)(=O)[O-].[Na+]. The summed E-state index contributed by atoms with van der Waals surface area (Å²) in [5, 5.41) is 9.27. The van der Waals surface area contributed by atoms with Gasteiger partial charge in [0.05, 0.1) is 0 Å². The van der Waals surface area contributed by atoms with Crippen LogP contribution < -0.4 is 29.6 Å². The number of carbonyl (C=O) groups is 1. The molecule has 17 heavy (non-hydrogen) atoms. The quantitative estimate of drug-likeness (QED) is 0.319. The zero-order valence-electron chi connectivity index (χ0n) is 10.7. The molecule has 96 valence electrons. The zero-order chi connectivity index (χ0) is 12.8. The van der Waals surface area contributed by atoms with E-state index in [0.29, 0.717) is 6.42 Å². The van der Waals surface area contributed by atoms with Crippen molar-refractivity contribution in [3.8, 4) is 0 Å². The standard InChI is InChI=1S/C10H20O5S.Na/c1-3-4-5-6-7-8-9(11)10(2,12)16(13,14)15;/h12H,3-8H2,1-2H3,(H,13,14,15);/q;+1/p-1. The van der Waals surface area contributed by atoms with Crippen molar-refractivity contribution in [3.05, 3.63) is 0 Å². The molecule has 0 radical (unpaired) electrons. The normalized spacial score (nSPS) is 14.8. The third kappa shape index (κ3) is 6.88. The largest absolute Gasteiger partial charge is 1.00 e. The van der Waals surface area contributed by atoms with Gasteiger partial charge in [-0.2, -0.15) is 0 Å². The van der Waals surface area contributed by atoms with Gasteiger partial charge in [0.15, 0.2) is 5.78 Å². The second-order valence-corrected chi connectivity index (χ2v) is 5.73. The predicted molar refractivity (Wildman–Crippen MR) is 58.7 cm³/mol. The Balaban J connectivity index is 0. The summed E-state index contributed by atoms with van der Waals surface area (Å²) in [6.07, 6.45) is 4.33. The van der Waals surface area contributed by atoms with Gasteiger partial charge >= 0.3 is 29.6 Å². The summed E-state index contributed by atoms with van der Waals surface area (Å²) in [4.78, 5) is 8.53. The molecule has 0 aliphatic heterocycles. The third-order valence-electron chi connectivity index (χ3n) is 2.51. The van der Waals surface area contributed by atoms with Gasteiger partial charge in [0.25, 0.3) is 0 Å². The Hall–Kier alpha value is 0.540. The van der Waals surface area contributed by atoms with Crippen LogP contribution in [0.25, 0.3) is 0 Å². The van der Waals surface area contributed by atoms with Crippen LogP contribution in [0.15, 0.2) is 0 Å². The van der Waals surface area contributed by atoms with Crippen molar-refractivity contribution in [2.45, 2.75) is 57.3 Å². The molecular formula is C10H19NaO5S. The van der Waals surface area contributed by atoms with E-state index in [2.05, 4.69) is 6.92 Å². The van der Waals surface area contributed by atoms with Gasteiger partial charge in [0.2, 0.25) is 4.93 Å². The summed E-state index contributed by atoms with van der Waals surface area (Å²) in [5.74, 6) is -0.918. The van der Waals surface area contributed by atoms with Crippen molar-refractivity contribution in [2.24, 2.45) is 0 Å². The molecule has 0 amide bonds. The van der Waals surface area contributed by atoms with E-state index in [0.717, 1.165) is 32.6 Å². The summed E-state index contributed by atoms with van der Waals surface area (Å²) < 4.78 is 31.8. The van der Waals surface area contributed by atoms with E-state index in [-0.39, 0.29) is 36.0 Å². The number of carbonyl (C=O) groups excluding carboxylic acids is 1. The first-order valence-electron chi connectivity index (χ1n) is 5.44. The molecule has 0 saturated carbocycles. The molecule has 1 N–H and O–H groups in total. The molecule has 0 spiro atoms. The minimum atomic E-state index is -4.99. The van der Waals surface area contributed by atoms with Crippen LogP contribution in [0, 0.1) is 0 Å². The Morgan fingerprint density at radius 1 is 1.24 bits per heavy atom. The number of Topliss-reactive ketones (excluding diaryl/α,β-unsaturated/α-hetero) is 1. The summed E-state index contributed by atoms with van der Waals surface area (Å²) in [6.45, 7) is 2.80. The van der Waals surface area contributed by atoms with Gasteiger partial charge in [0.1, 0.15) is 10.1 Å². The number of rotatable bonds is 8. The molecule has 0 aromatic rings. The van der Waals surface area contributed by atoms with Crippen LogP contribution >= 0.6 is 0 Å². The molecule has 1 unspecified atom stereocenters. The fourth-order valence-electron chi connectivity index (χ4n) is 1.26. The van der Waals surface area contributed by atoms with Gasteiger partial charge in [0, 0.05) is 6.42 Å². The molecular weight excluding hydrogens is 255 g/mol. The number of ketones is 1. The van der Waals surface area contributed by atoms with Gasteiger partial charge in [-0.25, -0.2) is 8.42 Å². The van der Waals surface area contributed by atoms with Gasteiger partial charge in [-0.1, -0.05) is 32.6 Å². The van der Waals surface area contributed by atoms with Gasteiger partial charge < -0.3 is 9.66 Å². The van der Waals surface area contributed by atoms with Gasteiger partial charge in [-0.3, -0.25) is 4.79 Å². The molecule has 0 aromatic carbocycles. The first-order chi connectivity index (χ1) is 7.23. The molecule has 0 rings (SSSR count). The Morgan fingerprint density at radius 3 is 2.12 bits per heavy atom. The van der Waals surface area contributed by atoms with Crippen LogP contribution in [0.4, 0.5) is 0 Å². The summed E-state index contributed by atoms with van der Waals surface area (Å²) in [5.41, 5.74) is 0. The van der Waals surface area contributed by atoms with Crippen LogP contribution in [-0.4, -0.2) is 28.8 Å². The van der Waals surface area contributed by atoms with Crippen LogP contribution in [0.3, 0.4) is 0 Å². The molecule has 5 nitrogen and oxygen atoms in total. The van der Waals surface area contributed by atoms with Crippen molar-refractivity contribution in [3.63, 3.8) is 0 Å². The first kappa shape index (κ1) is 19.9. The van der Waals surface area contributed by atoms with Crippen molar-refractivity contribution >= 4 is 15.9 Å². The molecule has 0 saturated heterocycles.